The maximum atomic E-state index is 12.9. The van der Waals surface area contributed by atoms with Crippen LogP contribution in [0.4, 0.5) is 5.95 Å². The summed E-state index contributed by atoms with van der Waals surface area (Å²) in [6.07, 6.45) is 5.89. The Hall–Kier alpha value is -2.14. The van der Waals surface area contributed by atoms with Crippen LogP contribution in [-0.2, 0) is 17.8 Å². The number of hydrogen-bond acceptors (Lipinski definition) is 4. The van der Waals surface area contributed by atoms with Gasteiger partial charge in [0, 0.05) is 32.1 Å². The van der Waals surface area contributed by atoms with Crippen LogP contribution in [-0.4, -0.2) is 40.4 Å². The molecule has 0 spiro atoms. The van der Waals surface area contributed by atoms with Crippen molar-refractivity contribution in [1.29, 1.82) is 0 Å². The van der Waals surface area contributed by atoms with E-state index in [1.54, 1.807) is 12.4 Å². The van der Waals surface area contributed by atoms with Gasteiger partial charge in [0.25, 0.3) is 0 Å². The van der Waals surface area contributed by atoms with E-state index < -0.39 is 0 Å². The summed E-state index contributed by atoms with van der Waals surface area (Å²) in [7, 11) is 0. The van der Waals surface area contributed by atoms with E-state index in [2.05, 4.69) is 39.1 Å². The molecular weight excluding hydrogens is 336 g/mol. The van der Waals surface area contributed by atoms with E-state index >= 15 is 0 Å². The number of aromatic nitrogens is 2. The number of carbonyl (C=O) groups excluding carboxylic acids is 1. The summed E-state index contributed by atoms with van der Waals surface area (Å²) in [5, 5.41) is 0.541. The standard InChI is InChI=1S/C19H21ClN4O/c20-17-11-21-19(22-12-17)23-8-6-15(7-9-23)18(25)24-10-5-14-3-1-2-4-16(14)13-24/h1-4,11-12,15H,5-10,13H2. The molecule has 2 aromatic rings. The highest BCUT2D eigenvalue weighted by Crippen LogP contribution is 2.26. The fraction of sp³-hybridized carbons (Fsp3) is 0.421. The number of fused-ring (bicyclic) bond motifs is 1. The third-order valence-electron chi connectivity index (χ3n) is 5.18. The quantitative estimate of drug-likeness (QED) is 0.830. The van der Waals surface area contributed by atoms with Gasteiger partial charge in [0.2, 0.25) is 11.9 Å². The summed E-state index contributed by atoms with van der Waals surface area (Å²) in [4.78, 5) is 25.6. The van der Waals surface area contributed by atoms with Crippen LogP contribution in [0.25, 0.3) is 0 Å². The molecule has 1 aromatic carbocycles. The first-order valence-corrected chi connectivity index (χ1v) is 9.16. The van der Waals surface area contributed by atoms with Crippen LogP contribution in [0.5, 0.6) is 0 Å². The second-order valence-electron chi connectivity index (χ2n) is 6.74. The molecule has 0 atom stereocenters. The topological polar surface area (TPSA) is 49.3 Å². The minimum Gasteiger partial charge on any atom is -0.341 e. The van der Waals surface area contributed by atoms with Gasteiger partial charge in [-0.25, -0.2) is 9.97 Å². The normalized spacial score (nSPS) is 18.1. The molecule has 3 heterocycles. The number of halogens is 1. The molecule has 0 N–H and O–H groups in total. The van der Waals surface area contributed by atoms with Crippen LogP contribution in [0.3, 0.4) is 0 Å². The fourth-order valence-corrected chi connectivity index (χ4v) is 3.83. The molecule has 5 nitrogen and oxygen atoms in total. The second kappa shape index (κ2) is 7.00. The molecule has 130 valence electrons. The third-order valence-corrected chi connectivity index (χ3v) is 5.37. The van der Waals surface area contributed by atoms with Crippen molar-refractivity contribution in [3.05, 3.63) is 52.8 Å². The predicted octanol–water partition coefficient (Wildman–Crippen LogP) is 2.93. The number of nitrogens with zero attached hydrogens (tertiary/aromatic N) is 4. The SMILES string of the molecule is O=C(C1CCN(c2ncc(Cl)cn2)CC1)N1CCc2ccccc2C1. The van der Waals surface area contributed by atoms with Gasteiger partial charge in [-0.2, -0.15) is 0 Å². The number of anilines is 1. The Labute approximate surface area is 152 Å². The lowest BCUT2D eigenvalue weighted by Gasteiger charge is -2.36. The van der Waals surface area contributed by atoms with E-state index in [4.69, 9.17) is 11.6 Å². The number of piperidine rings is 1. The van der Waals surface area contributed by atoms with Gasteiger partial charge in [-0.05, 0) is 30.4 Å². The van der Waals surface area contributed by atoms with E-state index in [0.29, 0.717) is 16.9 Å². The molecule has 0 radical (unpaired) electrons. The summed E-state index contributed by atoms with van der Waals surface area (Å²) in [5.74, 6) is 1.10. The Bertz CT molecular complexity index is 756. The van der Waals surface area contributed by atoms with Gasteiger partial charge in [0.15, 0.2) is 0 Å². The lowest BCUT2D eigenvalue weighted by atomic mass is 9.93. The highest BCUT2D eigenvalue weighted by atomic mass is 35.5. The van der Waals surface area contributed by atoms with Crippen molar-refractivity contribution in [2.24, 2.45) is 5.92 Å². The Balaban J connectivity index is 1.36. The highest BCUT2D eigenvalue weighted by molar-refractivity contribution is 6.30. The van der Waals surface area contributed by atoms with Crippen molar-refractivity contribution < 1.29 is 4.79 Å². The molecule has 1 fully saturated rings. The average molecular weight is 357 g/mol. The summed E-state index contributed by atoms with van der Waals surface area (Å²) in [5.41, 5.74) is 2.66. The predicted molar refractivity (Wildman–Crippen MR) is 97.5 cm³/mol. The minimum atomic E-state index is 0.105. The first-order valence-electron chi connectivity index (χ1n) is 8.79. The maximum Gasteiger partial charge on any atom is 0.226 e. The van der Waals surface area contributed by atoms with Crippen molar-refractivity contribution in [3.8, 4) is 0 Å². The summed E-state index contributed by atoms with van der Waals surface area (Å²) < 4.78 is 0. The Morgan fingerprint density at radius 2 is 1.72 bits per heavy atom. The number of hydrogen-bond donors (Lipinski definition) is 0. The van der Waals surface area contributed by atoms with Crippen LogP contribution < -0.4 is 4.90 Å². The maximum absolute atomic E-state index is 12.9. The summed E-state index contributed by atoms with van der Waals surface area (Å²) in [6.45, 7) is 3.19. The molecule has 2 aliphatic rings. The zero-order valence-electron chi connectivity index (χ0n) is 14.1. The summed E-state index contributed by atoms with van der Waals surface area (Å²) in [6, 6.07) is 8.43. The van der Waals surface area contributed by atoms with Gasteiger partial charge >= 0.3 is 0 Å². The van der Waals surface area contributed by atoms with E-state index in [9.17, 15) is 4.79 Å². The first kappa shape index (κ1) is 16.3. The van der Waals surface area contributed by atoms with Crippen molar-refractivity contribution >= 4 is 23.5 Å². The Kier molecular flexibility index (Phi) is 4.57. The van der Waals surface area contributed by atoms with Crippen LogP contribution >= 0.6 is 11.6 Å². The number of rotatable bonds is 2. The third kappa shape index (κ3) is 3.47. The molecule has 0 bridgehead atoms. The molecule has 4 rings (SSSR count). The number of benzene rings is 1. The molecule has 0 aliphatic carbocycles. The second-order valence-corrected chi connectivity index (χ2v) is 7.18. The van der Waals surface area contributed by atoms with Gasteiger partial charge < -0.3 is 9.80 Å². The molecule has 1 aromatic heterocycles. The first-order chi connectivity index (χ1) is 12.2. The summed E-state index contributed by atoms with van der Waals surface area (Å²) >= 11 is 5.84. The molecule has 1 saturated heterocycles. The van der Waals surface area contributed by atoms with Gasteiger partial charge in [-0.1, -0.05) is 35.9 Å². The van der Waals surface area contributed by atoms with E-state index in [1.165, 1.54) is 11.1 Å². The smallest absolute Gasteiger partial charge is 0.226 e. The number of amides is 1. The van der Waals surface area contributed by atoms with Crippen LogP contribution in [0.15, 0.2) is 36.7 Å². The molecule has 0 unspecified atom stereocenters. The molecule has 2 aliphatic heterocycles. The van der Waals surface area contributed by atoms with Gasteiger partial charge in [-0.15, -0.1) is 0 Å². The molecule has 0 saturated carbocycles. The molecule has 6 heteroatoms. The molecular formula is C19H21ClN4O. The fourth-order valence-electron chi connectivity index (χ4n) is 3.74. The van der Waals surface area contributed by atoms with Gasteiger partial charge in [0.1, 0.15) is 0 Å². The van der Waals surface area contributed by atoms with Crippen molar-refractivity contribution in [3.63, 3.8) is 0 Å². The molecule has 25 heavy (non-hydrogen) atoms. The van der Waals surface area contributed by atoms with Crippen LogP contribution in [0.2, 0.25) is 5.02 Å². The zero-order valence-corrected chi connectivity index (χ0v) is 14.8. The monoisotopic (exact) mass is 356 g/mol. The largest absolute Gasteiger partial charge is 0.341 e. The lowest BCUT2D eigenvalue weighted by molar-refractivity contribution is -0.137. The number of carbonyl (C=O) groups is 1. The Morgan fingerprint density at radius 3 is 2.44 bits per heavy atom. The van der Waals surface area contributed by atoms with Gasteiger partial charge in [0.05, 0.1) is 17.4 Å². The zero-order chi connectivity index (χ0) is 17.2. The highest BCUT2D eigenvalue weighted by Gasteiger charge is 2.30. The Morgan fingerprint density at radius 1 is 1.04 bits per heavy atom. The minimum absolute atomic E-state index is 0.105. The lowest BCUT2D eigenvalue weighted by Crippen LogP contribution is -2.44. The van der Waals surface area contributed by atoms with Gasteiger partial charge in [-0.3, -0.25) is 4.79 Å². The van der Waals surface area contributed by atoms with E-state index in [1.807, 2.05) is 4.90 Å². The van der Waals surface area contributed by atoms with Crippen LogP contribution in [0, 0.1) is 5.92 Å². The van der Waals surface area contributed by atoms with Crippen molar-refractivity contribution in [2.75, 3.05) is 24.5 Å². The molecule has 1 amide bonds. The van der Waals surface area contributed by atoms with Crippen molar-refractivity contribution in [1.82, 2.24) is 14.9 Å². The van der Waals surface area contributed by atoms with E-state index in [0.717, 1.165) is 45.4 Å². The van der Waals surface area contributed by atoms with E-state index in [-0.39, 0.29) is 5.92 Å². The van der Waals surface area contributed by atoms with Crippen molar-refractivity contribution in [2.45, 2.75) is 25.8 Å². The average Bonchev–Trinajstić information content (AvgIpc) is 2.68. The van der Waals surface area contributed by atoms with Crippen LogP contribution in [0.1, 0.15) is 24.0 Å².